The van der Waals surface area contributed by atoms with Crippen LogP contribution in [0.3, 0.4) is 0 Å². The zero-order valence-corrected chi connectivity index (χ0v) is 12.6. The third-order valence-corrected chi connectivity index (χ3v) is 2.76. The van der Waals surface area contributed by atoms with Crippen molar-refractivity contribution in [3.8, 4) is 5.75 Å². The van der Waals surface area contributed by atoms with Gasteiger partial charge in [-0.25, -0.2) is 0 Å². The van der Waals surface area contributed by atoms with Gasteiger partial charge in [-0.2, -0.15) is 0 Å². The molecule has 0 aliphatic heterocycles. The molecule has 0 amide bonds. The van der Waals surface area contributed by atoms with Crippen molar-refractivity contribution in [1.29, 1.82) is 0 Å². The molecule has 1 aromatic rings. The predicted molar refractivity (Wildman–Crippen MR) is 79.1 cm³/mol. The van der Waals surface area contributed by atoms with Crippen molar-refractivity contribution in [2.45, 2.75) is 53.9 Å². The minimum absolute atomic E-state index is 0.256. The Morgan fingerprint density at radius 2 is 1.89 bits per heavy atom. The molecule has 0 aliphatic carbocycles. The average molecular weight is 246 g/mol. The molecule has 0 N–H and O–H groups in total. The first-order valence-corrected chi connectivity index (χ1v) is 6.65. The van der Waals surface area contributed by atoms with E-state index in [0.717, 1.165) is 17.9 Å². The molecule has 0 saturated carbocycles. The molecule has 0 aliphatic rings. The molecule has 0 fully saturated rings. The molecule has 0 atom stereocenters. The van der Waals surface area contributed by atoms with E-state index in [2.05, 4.69) is 59.4 Å². The summed E-state index contributed by atoms with van der Waals surface area (Å²) in [7, 11) is 0. The fraction of sp³-hybridized carbons (Fsp3) is 0.529. The standard InChI is InChI=1S/C17H26O/c1-12(2)14-8-9-15(11-17(5,6)7)16(10-14)18-13(3)4/h8-10,12H,3,11H2,1-2,4-7H3. The second-order valence-electron chi connectivity index (χ2n) is 6.56. The summed E-state index contributed by atoms with van der Waals surface area (Å²) in [5.41, 5.74) is 2.82. The molecule has 1 rings (SSSR count). The highest BCUT2D eigenvalue weighted by atomic mass is 16.5. The van der Waals surface area contributed by atoms with Gasteiger partial charge in [0.05, 0.1) is 5.76 Å². The summed E-state index contributed by atoms with van der Waals surface area (Å²) in [6.45, 7) is 16.9. The minimum atomic E-state index is 0.256. The largest absolute Gasteiger partial charge is 0.462 e. The van der Waals surface area contributed by atoms with Crippen LogP contribution in [0, 0.1) is 5.41 Å². The van der Waals surface area contributed by atoms with Crippen molar-refractivity contribution in [3.63, 3.8) is 0 Å². The van der Waals surface area contributed by atoms with Crippen LogP contribution in [-0.2, 0) is 6.42 Å². The first-order chi connectivity index (χ1) is 8.19. The number of hydrogen-bond donors (Lipinski definition) is 0. The molecule has 18 heavy (non-hydrogen) atoms. The molecule has 1 heteroatoms. The van der Waals surface area contributed by atoms with Crippen LogP contribution in [0.5, 0.6) is 5.75 Å². The van der Waals surface area contributed by atoms with Crippen molar-refractivity contribution in [2.75, 3.05) is 0 Å². The Morgan fingerprint density at radius 3 is 2.33 bits per heavy atom. The van der Waals surface area contributed by atoms with Gasteiger partial charge in [-0.05, 0) is 41.9 Å². The Labute approximate surface area is 112 Å². The minimum Gasteiger partial charge on any atom is -0.462 e. The molecule has 0 spiro atoms. The molecule has 0 aromatic heterocycles. The molecule has 0 bridgehead atoms. The Morgan fingerprint density at radius 1 is 1.28 bits per heavy atom. The maximum atomic E-state index is 5.79. The number of rotatable bonds is 4. The first kappa shape index (κ1) is 14.8. The highest BCUT2D eigenvalue weighted by molar-refractivity contribution is 5.40. The van der Waals surface area contributed by atoms with E-state index in [9.17, 15) is 0 Å². The van der Waals surface area contributed by atoms with Crippen LogP contribution in [0.4, 0.5) is 0 Å². The van der Waals surface area contributed by atoms with Crippen molar-refractivity contribution in [2.24, 2.45) is 5.41 Å². The van der Waals surface area contributed by atoms with Crippen molar-refractivity contribution in [1.82, 2.24) is 0 Å². The van der Waals surface area contributed by atoms with Crippen LogP contribution in [0.15, 0.2) is 30.5 Å². The zero-order valence-electron chi connectivity index (χ0n) is 12.6. The Hall–Kier alpha value is -1.24. The Balaban J connectivity index is 3.12. The van der Waals surface area contributed by atoms with Crippen molar-refractivity contribution >= 4 is 0 Å². The maximum Gasteiger partial charge on any atom is 0.130 e. The van der Waals surface area contributed by atoms with Gasteiger partial charge in [0.2, 0.25) is 0 Å². The van der Waals surface area contributed by atoms with Gasteiger partial charge < -0.3 is 4.74 Å². The molecular weight excluding hydrogens is 220 g/mol. The summed E-state index contributed by atoms with van der Waals surface area (Å²) in [6, 6.07) is 6.55. The number of benzene rings is 1. The third kappa shape index (κ3) is 4.56. The van der Waals surface area contributed by atoms with Crippen molar-refractivity contribution < 1.29 is 4.74 Å². The normalized spacial score (nSPS) is 11.7. The van der Waals surface area contributed by atoms with E-state index < -0.39 is 0 Å². The number of allylic oxidation sites excluding steroid dienone is 1. The van der Waals surface area contributed by atoms with Gasteiger partial charge in [0, 0.05) is 0 Å². The molecule has 100 valence electrons. The predicted octanol–water partition coefficient (Wildman–Crippen LogP) is 5.31. The van der Waals surface area contributed by atoms with Crippen molar-refractivity contribution in [3.05, 3.63) is 41.7 Å². The Bertz CT molecular complexity index is 422. The first-order valence-electron chi connectivity index (χ1n) is 6.65. The monoisotopic (exact) mass is 246 g/mol. The highest BCUT2D eigenvalue weighted by Gasteiger charge is 2.16. The van der Waals surface area contributed by atoms with E-state index in [1.807, 2.05) is 6.92 Å². The van der Waals surface area contributed by atoms with E-state index in [1.165, 1.54) is 11.1 Å². The van der Waals surface area contributed by atoms with E-state index in [1.54, 1.807) is 0 Å². The lowest BCUT2D eigenvalue weighted by Gasteiger charge is -2.21. The van der Waals surface area contributed by atoms with E-state index >= 15 is 0 Å². The summed E-state index contributed by atoms with van der Waals surface area (Å²) in [5.74, 6) is 2.22. The number of hydrogen-bond acceptors (Lipinski definition) is 1. The van der Waals surface area contributed by atoms with Gasteiger partial charge in [-0.1, -0.05) is 53.3 Å². The number of ether oxygens (including phenoxy) is 1. The smallest absolute Gasteiger partial charge is 0.130 e. The molecule has 0 saturated heterocycles. The van der Waals surface area contributed by atoms with Crippen LogP contribution in [0.2, 0.25) is 0 Å². The summed E-state index contributed by atoms with van der Waals surface area (Å²) in [4.78, 5) is 0. The zero-order chi connectivity index (χ0) is 13.9. The van der Waals surface area contributed by atoms with E-state index in [4.69, 9.17) is 4.74 Å². The second-order valence-corrected chi connectivity index (χ2v) is 6.56. The van der Waals surface area contributed by atoms with Crippen LogP contribution >= 0.6 is 0 Å². The van der Waals surface area contributed by atoms with Crippen LogP contribution < -0.4 is 4.74 Å². The van der Waals surface area contributed by atoms with Gasteiger partial charge in [0.25, 0.3) is 0 Å². The fourth-order valence-electron chi connectivity index (χ4n) is 1.93. The summed E-state index contributed by atoms with van der Waals surface area (Å²) in [5, 5.41) is 0. The SMILES string of the molecule is C=C(C)Oc1cc(C(C)C)ccc1CC(C)(C)C. The van der Waals surface area contributed by atoms with Crippen LogP contribution in [0.25, 0.3) is 0 Å². The lowest BCUT2D eigenvalue weighted by Crippen LogP contribution is -2.10. The molecule has 0 radical (unpaired) electrons. The molecule has 0 unspecified atom stereocenters. The quantitative estimate of drug-likeness (QED) is 0.654. The second kappa shape index (κ2) is 5.60. The van der Waals surface area contributed by atoms with E-state index in [-0.39, 0.29) is 5.41 Å². The Kier molecular flexibility index (Phi) is 4.61. The third-order valence-electron chi connectivity index (χ3n) is 2.76. The van der Waals surface area contributed by atoms with Gasteiger partial charge >= 0.3 is 0 Å². The van der Waals surface area contributed by atoms with Crippen LogP contribution in [0.1, 0.15) is 58.6 Å². The highest BCUT2D eigenvalue weighted by Crippen LogP contribution is 2.31. The van der Waals surface area contributed by atoms with Gasteiger partial charge in [-0.15, -0.1) is 0 Å². The summed E-state index contributed by atoms with van der Waals surface area (Å²) >= 11 is 0. The summed E-state index contributed by atoms with van der Waals surface area (Å²) in [6.07, 6.45) is 1.01. The fourth-order valence-corrected chi connectivity index (χ4v) is 1.93. The maximum absolute atomic E-state index is 5.79. The molecule has 0 heterocycles. The lowest BCUT2D eigenvalue weighted by atomic mass is 9.87. The van der Waals surface area contributed by atoms with E-state index in [0.29, 0.717) is 5.92 Å². The van der Waals surface area contributed by atoms with Crippen LogP contribution in [-0.4, -0.2) is 0 Å². The molecular formula is C17H26O. The summed E-state index contributed by atoms with van der Waals surface area (Å²) < 4.78 is 5.79. The van der Waals surface area contributed by atoms with Gasteiger partial charge in [0.1, 0.15) is 5.75 Å². The lowest BCUT2D eigenvalue weighted by molar-refractivity contribution is 0.385. The van der Waals surface area contributed by atoms with Gasteiger partial charge in [0.15, 0.2) is 0 Å². The average Bonchev–Trinajstić information content (AvgIpc) is 2.17. The van der Waals surface area contributed by atoms with Gasteiger partial charge in [-0.3, -0.25) is 0 Å². The molecule has 1 aromatic carbocycles. The molecule has 1 nitrogen and oxygen atoms in total. The topological polar surface area (TPSA) is 9.23 Å².